The Labute approximate surface area is 526 Å². The summed E-state index contributed by atoms with van der Waals surface area (Å²) < 4.78 is 0. The number of ketones is 2. The van der Waals surface area contributed by atoms with Gasteiger partial charge in [-0.2, -0.15) is 0 Å². The number of nitrogens with one attached hydrogen (secondary N) is 5. The van der Waals surface area contributed by atoms with E-state index in [1.165, 1.54) is 23.5 Å². The fourth-order valence-corrected chi connectivity index (χ4v) is 12.1. The average Bonchev–Trinajstić information content (AvgIpc) is 1.70. The van der Waals surface area contributed by atoms with Crippen LogP contribution in [-0.4, -0.2) is 208 Å². The Morgan fingerprint density at radius 3 is 1.80 bits per heavy atom. The molecule has 4 heterocycles. The van der Waals surface area contributed by atoms with Crippen molar-refractivity contribution in [3.05, 3.63) is 80.7 Å². The van der Waals surface area contributed by atoms with Crippen LogP contribution in [-0.2, 0) is 67.2 Å². The van der Waals surface area contributed by atoms with Gasteiger partial charge in [0.15, 0.2) is 29.4 Å². The lowest BCUT2D eigenvalue weighted by molar-refractivity contribution is -0.178. The number of Topliss-reactive ketones (excluding diaryl/α,β-unsaturated/α-hetero) is 2. The molecule has 1 aromatic carbocycles. The maximum absolute atomic E-state index is 16.3. The summed E-state index contributed by atoms with van der Waals surface area (Å²) in [6, 6.07) is 1.63. The van der Waals surface area contributed by atoms with Crippen molar-refractivity contribution in [2.45, 2.75) is 131 Å². The number of guanidine groups is 3. The van der Waals surface area contributed by atoms with Crippen molar-refractivity contribution < 1.29 is 63.3 Å². The minimum atomic E-state index is -3.84. The molecule has 32 nitrogen and oxygen atoms in total. The lowest BCUT2D eigenvalue weighted by Crippen LogP contribution is -2.75. The van der Waals surface area contributed by atoms with Gasteiger partial charge in [-0.3, -0.25) is 63.0 Å². The third kappa shape index (κ3) is 20.3. The number of carbonyl (C=O) groups is 10. The standard InChI is InChI=1S/C56H83N19O13S2/c57-35(13-4-17-66-53(60)61)45(80)71-38(14-5-18-67-54(62)63)50(85)74-20-6-15-42(74)44(79)34(16-19-68-55(64)65)56(52(87)88,43(78)28-70-47(82)39-24-31(77)27-69-39)75(49(84)37(59)26-33-12-8-22-90-33)51(86)40(23-30-9-2-1-3-10-30)72-48(83)41(29-76)73-46(81)36(58)25-32-11-7-21-89-32/h1-3,7-12,21-22,31,34-42,69,76-77H,4-6,13-20,23-29,57-59H2,(H,70,82)(H,71,80)(H,72,83)(H,73,81)(H,87,88)(H4,60,61,66)(H4,62,63,67)(H4,64,65,68). The van der Waals surface area contributed by atoms with E-state index in [0.29, 0.717) is 9.75 Å². The number of hydrogen-bond donors (Lipinski definition) is 17. The van der Waals surface area contributed by atoms with Gasteiger partial charge < -0.3 is 98.4 Å². The SMILES string of the molecule is NC(N)=NCCCC(N)C(=O)NC(CCCN=C(N)N)C(=O)N1CCCC1C(=O)C(CCN=C(N)N)C(C(=O)O)(C(=O)CNC(=O)C1CC(O)CN1)N(C(=O)C(N)Cc1cccs1)C(=O)C(Cc1ccccc1)NC(=O)C(CO)NC(=O)C(N)Cc1cccs1. The molecule has 0 saturated carbocycles. The molecule has 0 radical (unpaired) electrons. The van der Waals surface area contributed by atoms with Crippen LogP contribution in [0.4, 0.5) is 0 Å². The minimum Gasteiger partial charge on any atom is -0.479 e. The number of carbonyl (C=O) groups excluding carboxylic acids is 9. The van der Waals surface area contributed by atoms with Crippen molar-refractivity contribution in [2.75, 3.05) is 45.9 Å². The van der Waals surface area contributed by atoms with Crippen LogP contribution >= 0.6 is 22.7 Å². The quantitative estimate of drug-likeness (QED) is 0.0111. The van der Waals surface area contributed by atoms with Gasteiger partial charge in [-0.05, 0) is 79.8 Å². The third-order valence-corrected chi connectivity index (χ3v) is 16.8. The Morgan fingerprint density at radius 1 is 0.678 bits per heavy atom. The van der Waals surface area contributed by atoms with Crippen LogP contribution in [0.1, 0.15) is 66.7 Å². The Bertz CT molecular complexity index is 3040. The predicted molar refractivity (Wildman–Crippen MR) is 334 cm³/mol. The molecule has 90 heavy (non-hydrogen) atoms. The molecule has 0 aliphatic carbocycles. The number of aliphatic hydroxyl groups is 2. The fourth-order valence-electron chi connectivity index (χ4n) is 10.6. The van der Waals surface area contributed by atoms with E-state index in [2.05, 4.69) is 41.6 Å². The number of rotatable bonds is 36. The number of likely N-dealkylation sites (tertiary alicyclic amines) is 1. The van der Waals surface area contributed by atoms with Crippen LogP contribution in [0.3, 0.4) is 0 Å². The van der Waals surface area contributed by atoms with E-state index in [4.69, 9.17) is 51.6 Å². The molecule has 0 spiro atoms. The summed E-state index contributed by atoms with van der Waals surface area (Å²) in [5.41, 5.74) is 49.2. The molecule has 7 amide bonds. The first-order valence-electron chi connectivity index (χ1n) is 29.0. The van der Waals surface area contributed by atoms with Crippen molar-refractivity contribution in [3.63, 3.8) is 0 Å². The van der Waals surface area contributed by atoms with E-state index in [0.717, 1.165) is 16.2 Å². The molecular formula is C56H83N19O13S2. The number of thiophene rings is 2. The van der Waals surface area contributed by atoms with Gasteiger partial charge in [0.1, 0.15) is 18.1 Å². The molecule has 34 heteroatoms. The second-order valence-electron chi connectivity index (χ2n) is 21.7. The van der Waals surface area contributed by atoms with E-state index in [1.807, 2.05) is 0 Å². The van der Waals surface area contributed by atoms with Crippen molar-refractivity contribution in [3.8, 4) is 0 Å². The molecule has 11 atom stereocenters. The Hall–Kier alpha value is -8.51. The van der Waals surface area contributed by atoms with Crippen molar-refractivity contribution >= 4 is 99.4 Å². The summed E-state index contributed by atoms with van der Waals surface area (Å²) in [5, 5.41) is 49.1. The molecule has 2 saturated heterocycles. The zero-order chi connectivity index (χ0) is 66.2. The van der Waals surface area contributed by atoms with Gasteiger partial charge in [-0.15, -0.1) is 22.7 Å². The number of nitrogens with zero attached hydrogens (tertiary/aromatic N) is 5. The number of imide groups is 1. The summed E-state index contributed by atoms with van der Waals surface area (Å²) >= 11 is 2.43. The van der Waals surface area contributed by atoms with E-state index in [9.17, 15) is 34.5 Å². The first kappa shape index (κ1) is 72.2. The summed E-state index contributed by atoms with van der Waals surface area (Å²) in [5.74, 6) is -16.9. The van der Waals surface area contributed by atoms with Crippen LogP contribution in [0.5, 0.6) is 0 Å². The molecular weight excluding hydrogens is 1210 g/mol. The highest BCUT2D eigenvalue weighted by Crippen LogP contribution is 2.37. The molecule has 2 aliphatic heterocycles. The van der Waals surface area contributed by atoms with Crippen molar-refractivity contribution in [1.29, 1.82) is 0 Å². The highest BCUT2D eigenvalue weighted by atomic mass is 32.1. The molecule has 11 unspecified atom stereocenters. The topological polar surface area (TPSA) is 569 Å². The monoisotopic (exact) mass is 1290 g/mol. The highest BCUT2D eigenvalue weighted by molar-refractivity contribution is 7.10. The number of carboxylic acid groups (broad SMARTS) is 1. The Balaban J connectivity index is 1.74. The summed E-state index contributed by atoms with van der Waals surface area (Å²) in [7, 11) is 0. The number of aliphatic carboxylic acids is 1. The third-order valence-electron chi connectivity index (χ3n) is 15.0. The van der Waals surface area contributed by atoms with Crippen molar-refractivity contribution in [2.24, 2.45) is 72.5 Å². The number of hydrogen-bond acceptors (Lipinski definition) is 21. The highest BCUT2D eigenvalue weighted by Gasteiger charge is 2.64. The summed E-state index contributed by atoms with van der Waals surface area (Å²) in [4.78, 5) is 164. The van der Waals surface area contributed by atoms with Crippen LogP contribution < -0.4 is 78.2 Å². The number of amides is 7. The maximum atomic E-state index is 16.3. The smallest absolute Gasteiger partial charge is 0.338 e. The van der Waals surface area contributed by atoms with Gasteiger partial charge in [0.25, 0.3) is 5.91 Å². The number of benzene rings is 1. The Morgan fingerprint density at radius 2 is 1.24 bits per heavy atom. The second kappa shape index (κ2) is 35.0. The zero-order valence-corrected chi connectivity index (χ0v) is 51.2. The molecule has 2 aliphatic rings. The van der Waals surface area contributed by atoms with Gasteiger partial charge >= 0.3 is 5.97 Å². The number of carboxylic acids is 1. The van der Waals surface area contributed by atoms with Gasteiger partial charge in [-0.25, -0.2) is 4.79 Å². The molecule has 2 fully saturated rings. The van der Waals surface area contributed by atoms with E-state index >= 15 is 28.8 Å². The lowest BCUT2D eigenvalue weighted by Gasteiger charge is -2.45. The van der Waals surface area contributed by atoms with Crippen LogP contribution in [0.2, 0.25) is 0 Å². The van der Waals surface area contributed by atoms with Gasteiger partial charge in [0.2, 0.25) is 41.0 Å². The van der Waals surface area contributed by atoms with Gasteiger partial charge in [0, 0.05) is 61.7 Å². The zero-order valence-electron chi connectivity index (χ0n) is 49.5. The van der Waals surface area contributed by atoms with E-state index in [-0.39, 0.29) is 99.9 Å². The van der Waals surface area contributed by atoms with Crippen LogP contribution in [0.25, 0.3) is 0 Å². The Kier molecular flexibility index (Phi) is 28.1. The molecule has 26 N–H and O–H groups in total. The first-order valence-corrected chi connectivity index (χ1v) is 30.8. The van der Waals surface area contributed by atoms with E-state index < -0.39 is 170 Å². The van der Waals surface area contributed by atoms with Gasteiger partial charge in [-0.1, -0.05) is 42.5 Å². The molecule has 2 aromatic heterocycles. The predicted octanol–water partition coefficient (Wildman–Crippen LogP) is -6.20. The first-order chi connectivity index (χ1) is 42.8. The van der Waals surface area contributed by atoms with Gasteiger partial charge in [0.05, 0.1) is 55.4 Å². The molecule has 492 valence electrons. The maximum Gasteiger partial charge on any atom is 0.338 e. The van der Waals surface area contributed by atoms with E-state index in [1.54, 1.807) is 53.2 Å². The molecule has 5 rings (SSSR count). The summed E-state index contributed by atoms with van der Waals surface area (Å²) in [6.07, 6.45) is -3.04. The molecule has 0 bridgehead atoms. The van der Waals surface area contributed by atoms with Crippen LogP contribution in [0, 0.1) is 5.92 Å². The fraction of sp³-hybridized carbons (Fsp3) is 0.518. The second-order valence-corrected chi connectivity index (χ2v) is 23.7. The lowest BCUT2D eigenvalue weighted by atomic mass is 9.71. The number of aliphatic imine (C=N–C) groups is 3. The number of aliphatic hydroxyl groups excluding tert-OH is 2. The van der Waals surface area contributed by atoms with Crippen molar-refractivity contribution in [1.82, 2.24) is 36.4 Å². The number of β-amino-alcohol motifs (C(OH)–C–C–N with tert-alkyl or cyclic N) is 1. The number of nitrogens with two attached hydrogens (primary N) is 9. The minimum absolute atomic E-state index is 0.00249. The average molecular weight is 1290 g/mol. The van der Waals surface area contributed by atoms with Crippen LogP contribution in [0.15, 0.2) is 80.3 Å². The summed E-state index contributed by atoms with van der Waals surface area (Å²) in [6.45, 7) is -3.31. The molecule has 3 aromatic rings. The normalized spacial score (nSPS) is 18.3. The largest absolute Gasteiger partial charge is 0.479 e.